The Morgan fingerprint density at radius 1 is 1.17 bits per heavy atom. The second kappa shape index (κ2) is 11.2. The molecular formula is C27H31N3O4S. The summed E-state index contributed by atoms with van der Waals surface area (Å²) in [7, 11) is 0. The van der Waals surface area contributed by atoms with Crippen LogP contribution in [0.25, 0.3) is 10.9 Å². The summed E-state index contributed by atoms with van der Waals surface area (Å²) in [6.07, 6.45) is 1.79. The summed E-state index contributed by atoms with van der Waals surface area (Å²) in [5, 5.41) is 3.80. The smallest absolute Gasteiger partial charge is 0.262 e. The van der Waals surface area contributed by atoms with E-state index in [0.717, 1.165) is 18.4 Å². The van der Waals surface area contributed by atoms with Crippen LogP contribution in [0, 0.1) is 12.8 Å². The lowest BCUT2D eigenvalue weighted by atomic mass is 10.1. The van der Waals surface area contributed by atoms with E-state index in [-0.39, 0.29) is 29.1 Å². The predicted octanol–water partition coefficient (Wildman–Crippen LogP) is 4.24. The van der Waals surface area contributed by atoms with Crippen LogP contribution in [-0.4, -0.2) is 46.2 Å². The summed E-state index contributed by atoms with van der Waals surface area (Å²) in [6, 6.07) is 12.4. The van der Waals surface area contributed by atoms with Crippen LogP contribution in [0.15, 0.2) is 52.4 Å². The van der Waals surface area contributed by atoms with Crippen molar-refractivity contribution in [2.45, 2.75) is 51.4 Å². The molecule has 35 heavy (non-hydrogen) atoms. The van der Waals surface area contributed by atoms with Crippen LogP contribution in [0.4, 0.5) is 0 Å². The fraction of sp³-hybridized carbons (Fsp3) is 0.407. The molecule has 3 aromatic rings. The molecule has 8 heteroatoms. The van der Waals surface area contributed by atoms with E-state index in [2.05, 4.69) is 5.32 Å². The number of ketones is 1. The van der Waals surface area contributed by atoms with Gasteiger partial charge in [0, 0.05) is 24.3 Å². The van der Waals surface area contributed by atoms with Crippen LogP contribution in [0.3, 0.4) is 0 Å². The number of amides is 1. The standard InChI is InChI=1S/C27H31N3O4S/c1-17(2)14-28-25(32)20-10-11-22-23(13-20)29-27(30(26(22)33)15-21-5-4-12-34-21)35-16-24(31)19-8-6-18(3)7-9-19/h6-11,13,17,21H,4-5,12,14-16H2,1-3H3,(H,28,32)/t21-/m1/s1. The molecule has 1 saturated heterocycles. The zero-order valence-electron chi connectivity index (χ0n) is 20.4. The molecule has 1 N–H and O–H groups in total. The number of nitrogens with zero attached hydrogens (tertiary/aromatic N) is 2. The number of benzene rings is 2. The molecule has 2 aromatic carbocycles. The zero-order valence-corrected chi connectivity index (χ0v) is 21.2. The third-order valence-electron chi connectivity index (χ3n) is 5.97. The van der Waals surface area contributed by atoms with Crippen molar-refractivity contribution >= 4 is 34.4 Å². The summed E-state index contributed by atoms with van der Waals surface area (Å²) in [5.74, 6) is 0.252. The number of thioether (sulfide) groups is 1. The Morgan fingerprint density at radius 3 is 2.60 bits per heavy atom. The van der Waals surface area contributed by atoms with Gasteiger partial charge in [0.2, 0.25) is 0 Å². The minimum absolute atomic E-state index is 0.0326. The van der Waals surface area contributed by atoms with Crippen molar-refractivity contribution in [2.75, 3.05) is 18.9 Å². The first-order chi connectivity index (χ1) is 16.8. The monoisotopic (exact) mass is 493 g/mol. The number of ether oxygens (including phenoxy) is 1. The van der Waals surface area contributed by atoms with Gasteiger partial charge in [-0.15, -0.1) is 0 Å². The molecule has 7 nitrogen and oxygen atoms in total. The van der Waals surface area contributed by atoms with Gasteiger partial charge in [-0.05, 0) is 43.9 Å². The maximum absolute atomic E-state index is 13.5. The van der Waals surface area contributed by atoms with Gasteiger partial charge in [-0.3, -0.25) is 19.0 Å². The Morgan fingerprint density at radius 2 is 1.91 bits per heavy atom. The molecule has 1 aliphatic heterocycles. The topological polar surface area (TPSA) is 90.3 Å². The van der Waals surface area contributed by atoms with E-state index in [9.17, 15) is 14.4 Å². The molecule has 1 amide bonds. The van der Waals surface area contributed by atoms with Crippen molar-refractivity contribution in [1.29, 1.82) is 0 Å². The van der Waals surface area contributed by atoms with Crippen molar-refractivity contribution < 1.29 is 14.3 Å². The summed E-state index contributed by atoms with van der Waals surface area (Å²) in [5.41, 5.74) is 2.42. The van der Waals surface area contributed by atoms with Gasteiger partial charge in [-0.25, -0.2) is 4.98 Å². The molecule has 4 rings (SSSR count). The first-order valence-electron chi connectivity index (χ1n) is 12.0. The van der Waals surface area contributed by atoms with Crippen molar-refractivity contribution in [3.05, 3.63) is 69.5 Å². The molecule has 1 aromatic heterocycles. The number of aryl methyl sites for hydroxylation is 1. The number of rotatable bonds is 9. The van der Waals surface area contributed by atoms with Crippen LogP contribution in [0.2, 0.25) is 0 Å². The number of hydrogen-bond acceptors (Lipinski definition) is 6. The van der Waals surface area contributed by atoms with E-state index < -0.39 is 0 Å². The van der Waals surface area contributed by atoms with Crippen LogP contribution in [0.1, 0.15) is 53.0 Å². The van der Waals surface area contributed by atoms with Gasteiger partial charge in [0.1, 0.15) is 0 Å². The van der Waals surface area contributed by atoms with Gasteiger partial charge in [0.15, 0.2) is 10.9 Å². The van der Waals surface area contributed by atoms with Gasteiger partial charge in [-0.2, -0.15) is 0 Å². The first kappa shape index (κ1) is 25.1. The number of hydrogen-bond donors (Lipinski definition) is 1. The predicted molar refractivity (Wildman–Crippen MR) is 138 cm³/mol. The molecule has 2 heterocycles. The summed E-state index contributed by atoms with van der Waals surface area (Å²) in [6.45, 7) is 7.67. The van der Waals surface area contributed by atoms with Gasteiger partial charge in [-0.1, -0.05) is 55.4 Å². The molecule has 0 spiro atoms. The highest BCUT2D eigenvalue weighted by Crippen LogP contribution is 2.23. The van der Waals surface area contributed by atoms with Crippen molar-refractivity contribution in [3.63, 3.8) is 0 Å². The second-order valence-corrected chi connectivity index (χ2v) is 10.3. The lowest BCUT2D eigenvalue weighted by Gasteiger charge is -2.16. The van der Waals surface area contributed by atoms with E-state index in [1.54, 1.807) is 22.8 Å². The maximum atomic E-state index is 13.5. The quantitative estimate of drug-likeness (QED) is 0.272. The van der Waals surface area contributed by atoms with Crippen molar-refractivity contribution in [2.24, 2.45) is 5.92 Å². The molecule has 0 unspecified atom stereocenters. The van der Waals surface area contributed by atoms with E-state index in [1.165, 1.54) is 11.8 Å². The maximum Gasteiger partial charge on any atom is 0.262 e. The molecule has 1 fully saturated rings. The molecule has 0 radical (unpaired) electrons. The number of carbonyl (C=O) groups excluding carboxylic acids is 2. The highest BCUT2D eigenvalue weighted by molar-refractivity contribution is 7.99. The van der Waals surface area contributed by atoms with E-state index in [1.807, 2.05) is 45.0 Å². The summed E-state index contributed by atoms with van der Waals surface area (Å²) < 4.78 is 7.38. The molecule has 0 bridgehead atoms. The van der Waals surface area contributed by atoms with Crippen LogP contribution in [0.5, 0.6) is 0 Å². The van der Waals surface area contributed by atoms with Crippen molar-refractivity contribution in [1.82, 2.24) is 14.9 Å². The molecule has 1 atom stereocenters. The number of fused-ring (bicyclic) bond motifs is 1. The summed E-state index contributed by atoms with van der Waals surface area (Å²) >= 11 is 1.24. The molecular weight excluding hydrogens is 462 g/mol. The Kier molecular flexibility index (Phi) is 8.03. The third-order valence-corrected chi connectivity index (χ3v) is 6.95. The fourth-order valence-electron chi connectivity index (χ4n) is 3.96. The van der Waals surface area contributed by atoms with Crippen molar-refractivity contribution in [3.8, 4) is 0 Å². The fourth-order valence-corrected chi connectivity index (χ4v) is 4.86. The van der Waals surface area contributed by atoms with E-state index in [0.29, 0.717) is 52.8 Å². The van der Waals surface area contributed by atoms with E-state index >= 15 is 0 Å². The minimum Gasteiger partial charge on any atom is -0.376 e. The third kappa shape index (κ3) is 6.18. The minimum atomic E-state index is -0.199. The Bertz CT molecular complexity index is 1280. The first-order valence-corrected chi connectivity index (χ1v) is 13.0. The van der Waals surface area contributed by atoms with Crippen LogP contribution < -0.4 is 10.9 Å². The average Bonchev–Trinajstić information content (AvgIpc) is 3.36. The van der Waals surface area contributed by atoms with Gasteiger partial charge in [0.05, 0.1) is 29.3 Å². The molecule has 0 aliphatic carbocycles. The highest BCUT2D eigenvalue weighted by atomic mass is 32.2. The number of carbonyl (C=O) groups is 2. The SMILES string of the molecule is Cc1ccc(C(=O)CSc2nc3cc(C(=O)NCC(C)C)ccc3c(=O)n2C[C@H]2CCCO2)cc1. The number of Topliss-reactive ketones (excluding diaryl/α,β-unsaturated/α-hetero) is 1. The van der Waals surface area contributed by atoms with Gasteiger partial charge in [0.25, 0.3) is 11.5 Å². The molecule has 0 saturated carbocycles. The van der Waals surface area contributed by atoms with Gasteiger partial charge < -0.3 is 10.1 Å². The Labute approximate surface area is 209 Å². The largest absolute Gasteiger partial charge is 0.376 e. The number of aromatic nitrogens is 2. The average molecular weight is 494 g/mol. The molecule has 184 valence electrons. The lowest BCUT2D eigenvalue weighted by molar-refractivity contribution is 0.0937. The normalized spacial score (nSPS) is 15.6. The van der Waals surface area contributed by atoms with Gasteiger partial charge >= 0.3 is 0 Å². The Hall–Kier alpha value is -2.97. The lowest BCUT2D eigenvalue weighted by Crippen LogP contribution is -2.30. The second-order valence-electron chi connectivity index (χ2n) is 9.36. The van der Waals surface area contributed by atoms with E-state index in [4.69, 9.17) is 9.72 Å². The highest BCUT2D eigenvalue weighted by Gasteiger charge is 2.21. The van der Waals surface area contributed by atoms with Crippen LogP contribution >= 0.6 is 11.8 Å². The summed E-state index contributed by atoms with van der Waals surface area (Å²) in [4.78, 5) is 43.5. The van der Waals surface area contributed by atoms with Crippen LogP contribution in [-0.2, 0) is 11.3 Å². The number of nitrogens with one attached hydrogen (secondary N) is 1. The molecule has 1 aliphatic rings. The Balaban J connectivity index is 1.65. The zero-order chi connectivity index (χ0) is 24.9.